The van der Waals surface area contributed by atoms with Crippen LogP contribution in [0.4, 0.5) is 0 Å². The van der Waals surface area contributed by atoms with E-state index in [1.165, 1.54) is 43.9 Å². The van der Waals surface area contributed by atoms with Gasteiger partial charge in [0.1, 0.15) is 0 Å². The molecule has 0 spiro atoms. The summed E-state index contributed by atoms with van der Waals surface area (Å²) in [5.74, 6) is 4.17. The van der Waals surface area contributed by atoms with Crippen molar-refractivity contribution >= 4 is 17.7 Å². The van der Waals surface area contributed by atoms with Crippen molar-refractivity contribution in [3.8, 4) is 0 Å². The minimum atomic E-state index is -0.806. The standard InChI is InChI=1S/C15H21N3O2S/c1-18-15(21-7-12(19)20)16-14(17-18)13-10-3-8-2-9(5-10)6-11(13)4-8/h8-11,13H,2-7H2,1H3,(H,19,20). The van der Waals surface area contributed by atoms with Crippen molar-refractivity contribution in [3.63, 3.8) is 0 Å². The van der Waals surface area contributed by atoms with Crippen LogP contribution in [-0.4, -0.2) is 31.6 Å². The number of hydrogen-bond acceptors (Lipinski definition) is 4. The van der Waals surface area contributed by atoms with E-state index < -0.39 is 5.97 Å². The normalized spacial score (nSPS) is 37.1. The maximum Gasteiger partial charge on any atom is 0.313 e. The maximum atomic E-state index is 10.7. The van der Waals surface area contributed by atoms with E-state index >= 15 is 0 Å². The molecule has 4 saturated carbocycles. The van der Waals surface area contributed by atoms with E-state index in [1.54, 1.807) is 4.68 Å². The second kappa shape index (κ2) is 5.00. The molecular weight excluding hydrogens is 286 g/mol. The molecule has 1 aromatic rings. The van der Waals surface area contributed by atoms with Crippen molar-refractivity contribution in [2.75, 3.05) is 5.75 Å². The lowest BCUT2D eigenvalue weighted by atomic mass is 9.52. The van der Waals surface area contributed by atoms with E-state index in [0.717, 1.165) is 34.7 Å². The van der Waals surface area contributed by atoms with Crippen LogP contribution in [0.5, 0.6) is 0 Å². The summed E-state index contributed by atoms with van der Waals surface area (Å²) in [5, 5.41) is 14.2. The molecule has 114 valence electrons. The van der Waals surface area contributed by atoms with Crippen LogP contribution in [0.2, 0.25) is 0 Å². The van der Waals surface area contributed by atoms with Crippen LogP contribution in [-0.2, 0) is 11.8 Å². The Balaban J connectivity index is 1.56. The summed E-state index contributed by atoms with van der Waals surface area (Å²) in [6, 6.07) is 0. The Kier molecular flexibility index (Phi) is 3.24. The molecule has 0 aromatic carbocycles. The summed E-state index contributed by atoms with van der Waals surface area (Å²) in [4.78, 5) is 15.4. The number of thioether (sulfide) groups is 1. The molecule has 4 fully saturated rings. The molecule has 0 saturated heterocycles. The van der Waals surface area contributed by atoms with Gasteiger partial charge in [-0.15, -0.1) is 0 Å². The fraction of sp³-hybridized carbons (Fsp3) is 0.800. The molecule has 21 heavy (non-hydrogen) atoms. The molecule has 5 rings (SSSR count). The Bertz CT molecular complexity index is 543. The number of aromatic nitrogens is 3. The Labute approximate surface area is 128 Å². The topological polar surface area (TPSA) is 68.0 Å². The Morgan fingerprint density at radius 3 is 2.43 bits per heavy atom. The average molecular weight is 307 g/mol. The first-order chi connectivity index (χ1) is 10.1. The van der Waals surface area contributed by atoms with Crippen molar-refractivity contribution < 1.29 is 9.90 Å². The third kappa shape index (κ3) is 2.37. The van der Waals surface area contributed by atoms with Crippen LogP contribution < -0.4 is 0 Å². The van der Waals surface area contributed by atoms with Gasteiger partial charge < -0.3 is 5.11 Å². The number of nitrogens with zero attached hydrogens (tertiary/aromatic N) is 3. The lowest BCUT2D eigenvalue weighted by Gasteiger charge is -2.53. The Morgan fingerprint density at radius 1 is 1.24 bits per heavy atom. The third-order valence-corrected chi connectivity index (χ3v) is 6.59. The lowest BCUT2D eigenvalue weighted by molar-refractivity contribution is -0.133. The number of carbonyl (C=O) groups is 1. The summed E-state index contributed by atoms with van der Waals surface area (Å²) in [5.41, 5.74) is 0. The predicted molar refractivity (Wildman–Crippen MR) is 79.1 cm³/mol. The van der Waals surface area contributed by atoms with Gasteiger partial charge in [-0.1, -0.05) is 11.8 Å². The van der Waals surface area contributed by atoms with Gasteiger partial charge >= 0.3 is 5.97 Å². The number of rotatable bonds is 4. The van der Waals surface area contributed by atoms with E-state index in [9.17, 15) is 4.79 Å². The van der Waals surface area contributed by atoms with Gasteiger partial charge in [-0.2, -0.15) is 5.10 Å². The van der Waals surface area contributed by atoms with E-state index in [0.29, 0.717) is 5.92 Å². The van der Waals surface area contributed by atoms with Gasteiger partial charge in [0.15, 0.2) is 11.0 Å². The van der Waals surface area contributed by atoms with Crippen molar-refractivity contribution in [2.45, 2.75) is 43.2 Å². The van der Waals surface area contributed by atoms with Gasteiger partial charge in [0.05, 0.1) is 5.75 Å². The van der Waals surface area contributed by atoms with Crippen molar-refractivity contribution in [1.29, 1.82) is 0 Å². The first kappa shape index (κ1) is 13.6. The fourth-order valence-corrected chi connectivity index (χ4v) is 5.77. The molecular formula is C15H21N3O2S. The van der Waals surface area contributed by atoms with E-state index in [2.05, 4.69) is 10.1 Å². The molecule has 0 atom stereocenters. The van der Waals surface area contributed by atoms with E-state index in [4.69, 9.17) is 5.11 Å². The molecule has 5 nitrogen and oxygen atoms in total. The van der Waals surface area contributed by atoms with Gasteiger partial charge in [-0.3, -0.25) is 4.79 Å². The first-order valence-corrected chi connectivity index (χ1v) is 8.84. The lowest BCUT2D eigenvalue weighted by Crippen LogP contribution is -2.44. The molecule has 0 radical (unpaired) electrons. The van der Waals surface area contributed by atoms with Crippen LogP contribution in [0.25, 0.3) is 0 Å². The Morgan fingerprint density at radius 2 is 1.86 bits per heavy atom. The molecule has 0 amide bonds. The zero-order valence-corrected chi connectivity index (χ0v) is 13.1. The molecule has 6 heteroatoms. The number of aryl methyl sites for hydroxylation is 1. The zero-order chi connectivity index (χ0) is 14.6. The van der Waals surface area contributed by atoms with Gasteiger partial charge in [0, 0.05) is 13.0 Å². The van der Waals surface area contributed by atoms with Gasteiger partial charge in [0.2, 0.25) is 0 Å². The van der Waals surface area contributed by atoms with Crippen molar-refractivity contribution in [2.24, 2.45) is 30.7 Å². The second-order valence-corrected chi connectivity index (χ2v) is 7.96. The third-order valence-electron chi connectivity index (χ3n) is 5.59. The molecule has 1 aromatic heterocycles. The smallest absolute Gasteiger partial charge is 0.313 e. The fourth-order valence-electron chi connectivity index (χ4n) is 5.13. The summed E-state index contributed by atoms with van der Waals surface area (Å²) < 4.78 is 1.76. The summed E-state index contributed by atoms with van der Waals surface area (Å²) in [6.45, 7) is 0. The van der Waals surface area contributed by atoms with E-state index in [1.807, 2.05) is 7.05 Å². The monoisotopic (exact) mass is 307 g/mol. The number of carboxylic acids is 1. The zero-order valence-electron chi connectivity index (χ0n) is 12.2. The molecule has 1 N–H and O–H groups in total. The summed E-state index contributed by atoms with van der Waals surface area (Å²) in [6.07, 6.45) is 6.87. The number of hydrogen-bond donors (Lipinski definition) is 1. The quantitative estimate of drug-likeness (QED) is 0.866. The SMILES string of the molecule is Cn1nc(C2C3CC4CC(C3)CC2C4)nc1SCC(=O)O. The average Bonchev–Trinajstić information content (AvgIpc) is 2.76. The van der Waals surface area contributed by atoms with Crippen LogP contribution in [0.1, 0.15) is 43.8 Å². The number of carboxylic acid groups (broad SMARTS) is 1. The molecule has 1 heterocycles. The van der Waals surface area contributed by atoms with Crippen LogP contribution in [0, 0.1) is 23.7 Å². The highest BCUT2D eigenvalue weighted by Gasteiger charge is 2.50. The van der Waals surface area contributed by atoms with Crippen molar-refractivity contribution in [3.05, 3.63) is 5.82 Å². The molecule has 4 bridgehead atoms. The summed E-state index contributed by atoms with van der Waals surface area (Å²) in [7, 11) is 1.87. The van der Waals surface area contributed by atoms with Gasteiger partial charge in [-0.25, -0.2) is 9.67 Å². The van der Waals surface area contributed by atoms with E-state index in [-0.39, 0.29) is 5.75 Å². The molecule has 4 aliphatic carbocycles. The number of aliphatic carboxylic acids is 1. The summed E-state index contributed by atoms with van der Waals surface area (Å²) >= 11 is 1.27. The minimum Gasteiger partial charge on any atom is -0.481 e. The van der Waals surface area contributed by atoms with Crippen LogP contribution in [0.3, 0.4) is 0 Å². The minimum absolute atomic E-state index is 0.0493. The highest BCUT2D eigenvalue weighted by Crippen LogP contribution is 2.59. The molecule has 4 aliphatic rings. The van der Waals surface area contributed by atoms with Gasteiger partial charge in [0.25, 0.3) is 0 Å². The highest BCUT2D eigenvalue weighted by atomic mass is 32.2. The van der Waals surface area contributed by atoms with Gasteiger partial charge in [-0.05, 0) is 55.8 Å². The Hall–Kier alpha value is -1.04. The largest absolute Gasteiger partial charge is 0.481 e. The predicted octanol–water partition coefficient (Wildman–Crippen LogP) is 2.53. The van der Waals surface area contributed by atoms with Crippen LogP contribution in [0.15, 0.2) is 5.16 Å². The first-order valence-electron chi connectivity index (χ1n) is 7.85. The maximum absolute atomic E-state index is 10.7. The van der Waals surface area contributed by atoms with Crippen LogP contribution >= 0.6 is 11.8 Å². The highest BCUT2D eigenvalue weighted by molar-refractivity contribution is 7.99. The molecule has 0 aliphatic heterocycles. The molecule has 0 unspecified atom stereocenters. The second-order valence-electron chi connectivity index (χ2n) is 7.02. The van der Waals surface area contributed by atoms with Crippen molar-refractivity contribution in [1.82, 2.24) is 14.8 Å².